The molecule has 0 saturated heterocycles. The molecule has 0 spiro atoms. The topological polar surface area (TPSA) is 84.7 Å². The fourth-order valence-electron chi connectivity index (χ4n) is 1.62. The van der Waals surface area contributed by atoms with E-state index in [1.807, 2.05) is 6.92 Å². The molecule has 0 fully saturated rings. The summed E-state index contributed by atoms with van der Waals surface area (Å²) in [5.41, 5.74) is 5.78. The molecule has 1 atom stereocenters. The summed E-state index contributed by atoms with van der Waals surface area (Å²) in [6.45, 7) is 3.26. The molecule has 0 aromatic rings. The first-order valence-corrected chi connectivity index (χ1v) is 6.79. The number of hydrogen-bond acceptors (Lipinski definition) is 4. The number of ether oxygens (including phenoxy) is 1. The number of nitrogens with two attached hydrogens (primary N) is 1. The van der Waals surface area contributed by atoms with Crippen molar-refractivity contribution < 1.29 is 14.3 Å². The van der Waals surface area contributed by atoms with Crippen molar-refractivity contribution in [3.05, 3.63) is 0 Å². The zero-order valence-corrected chi connectivity index (χ0v) is 12.3. The van der Waals surface area contributed by atoms with Gasteiger partial charge in [0.25, 0.3) is 0 Å². The fourth-order valence-corrected chi connectivity index (χ4v) is 1.62. The van der Waals surface area contributed by atoms with Crippen LogP contribution < -0.4 is 11.1 Å². The molecule has 0 saturated carbocycles. The van der Waals surface area contributed by atoms with E-state index in [1.54, 1.807) is 14.2 Å². The molecule has 0 aliphatic rings. The quantitative estimate of drug-likeness (QED) is 0.554. The predicted molar refractivity (Wildman–Crippen MR) is 74.6 cm³/mol. The number of amides is 2. The van der Waals surface area contributed by atoms with Crippen LogP contribution in [0.25, 0.3) is 0 Å². The maximum atomic E-state index is 11.9. The number of nitrogens with one attached hydrogen (secondary N) is 1. The molecule has 3 N–H and O–H groups in total. The summed E-state index contributed by atoms with van der Waals surface area (Å²) in [6.07, 6.45) is 3.35. The van der Waals surface area contributed by atoms with Crippen LogP contribution in [0.5, 0.6) is 0 Å². The molecule has 112 valence electrons. The molecule has 0 rings (SSSR count). The highest BCUT2D eigenvalue weighted by Gasteiger charge is 2.19. The predicted octanol–water partition coefficient (Wildman–Crippen LogP) is 0.115. The van der Waals surface area contributed by atoms with Crippen molar-refractivity contribution in [1.29, 1.82) is 0 Å². The van der Waals surface area contributed by atoms with Crippen molar-refractivity contribution in [2.45, 2.75) is 38.6 Å². The number of methoxy groups -OCH3 is 1. The van der Waals surface area contributed by atoms with Gasteiger partial charge in [-0.2, -0.15) is 0 Å². The van der Waals surface area contributed by atoms with Gasteiger partial charge in [0.15, 0.2) is 0 Å². The second-order valence-corrected chi connectivity index (χ2v) is 4.64. The monoisotopic (exact) mass is 273 g/mol. The molecule has 0 aromatic carbocycles. The summed E-state index contributed by atoms with van der Waals surface area (Å²) >= 11 is 0. The molecule has 6 heteroatoms. The van der Waals surface area contributed by atoms with Crippen LogP contribution in [0.3, 0.4) is 0 Å². The largest absolute Gasteiger partial charge is 0.385 e. The number of carbonyl (C=O) groups excluding carboxylic acids is 2. The zero-order valence-electron chi connectivity index (χ0n) is 12.3. The van der Waals surface area contributed by atoms with Crippen molar-refractivity contribution in [2.75, 3.05) is 33.9 Å². The van der Waals surface area contributed by atoms with E-state index in [4.69, 9.17) is 10.5 Å². The first-order chi connectivity index (χ1) is 9.02. The Labute approximate surface area is 115 Å². The number of nitrogens with zero attached hydrogens (tertiary/aromatic N) is 1. The highest BCUT2D eigenvalue weighted by Crippen LogP contribution is 2.01. The van der Waals surface area contributed by atoms with Gasteiger partial charge in [0.05, 0.1) is 12.6 Å². The molecule has 6 nitrogen and oxygen atoms in total. The van der Waals surface area contributed by atoms with Gasteiger partial charge in [-0.3, -0.25) is 9.59 Å². The highest BCUT2D eigenvalue weighted by atomic mass is 16.5. The van der Waals surface area contributed by atoms with E-state index < -0.39 is 6.04 Å². The summed E-state index contributed by atoms with van der Waals surface area (Å²) in [5.74, 6) is -0.352. The molecule has 2 amide bonds. The van der Waals surface area contributed by atoms with Gasteiger partial charge in [0.2, 0.25) is 11.8 Å². The van der Waals surface area contributed by atoms with Crippen molar-refractivity contribution in [3.63, 3.8) is 0 Å². The normalized spacial score (nSPS) is 12.0. The van der Waals surface area contributed by atoms with E-state index in [-0.39, 0.29) is 18.4 Å². The number of likely N-dealkylation sites (N-methyl/N-ethyl adjacent to an activating group) is 1. The number of hydrogen-bond donors (Lipinski definition) is 2. The fraction of sp³-hybridized carbons (Fsp3) is 0.846. The maximum absolute atomic E-state index is 11.9. The van der Waals surface area contributed by atoms with E-state index in [0.717, 1.165) is 19.3 Å². The Morgan fingerprint density at radius 1 is 1.37 bits per heavy atom. The SMILES string of the molecule is CCCCC(N)C(=O)N(C)CC(=O)NCCCOC. The van der Waals surface area contributed by atoms with Gasteiger partial charge in [0.1, 0.15) is 0 Å². The Morgan fingerprint density at radius 2 is 2.05 bits per heavy atom. The average molecular weight is 273 g/mol. The number of rotatable bonds is 10. The van der Waals surface area contributed by atoms with Crippen LogP contribution in [-0.2, 0) is 14.3 Å². The molecular weight excluding hydrogens is 246 g/mol. The minimum atomic E-state index is -0.508. The number of carbonyl (C=O) groups is 2. The molecule has 1 unspecified atom stereocenters. The summed E-state index contributed by atoms with van der Waals surface area (Å²) in [5, 5.41) is 2.73. The lowest BCUT2D eigenvalue weighted by Gasteiger charge is -2.20. The minimum absolute atomic E-state index is 0.0473. The second kappa shape index (κ2) is 10.8. The third kappa shape index (κ3) is 8.56. The van der Waals surface area contributed by atoms with Gasteiger partial charge in [0, 0.05) is 27.3 Å². The zero-order chi connectivity index (χ0) is 14.7. The Hall–Kier alpha value is -1.14. The van der Waals surface area contributed by atoms with E-state index in [2.05, 4.69) is 5.32 Å². The second-order valence-electron chi connectivity index (χ2n) is 4.64. The van der Waals surface area contributed by atoms with E-state index >= 15 is 0 Å². The van der Waals surface area contributed by atoms with Gasteiger partial charge >= 0.3 is 0 Å². The third-order valence-corrected chi connectivity index (χ3v) is 2.79. The van der Waals surface area contributed by atoms with Gasteiger partial charge in [-0.05, 0) is 12.8 Å². The lowest BCUT2D eigenvalue weighted by Crippen LogP contribution is -2.46. The summed E-state index contributed by atoms with van der Waals surface area (Å²) in [6, 6.07) is -0.508. The number of unbranched alkanes of at least 4 members (excludes halogenated alkanes) is 1. The summed E-state index contributed by atoms with van der Waals surface area (Å²) in [7, 11) is 3.22. The van der Waals surface area contributed by atoms with Crippen LogP contribution in [0, 0.1) is 0 Å². The lowest BCUT2D eigenvalue weighted by atomic mass is 10.1. The standard InChI is InChI=1S/C13H27N3O3/c1-4-5-7-11(14)13(18)16(2)10-12(17)15-8-6-9-19-3/h11H,4-10,14H2,1-3H3,(H,15,17). The smallest absolute Gasteiger partial charge is 0.239 e. The highest BCUT2D eigenvalue weighted by molar-refractivity contribution is 5.87. The van der Waals surface area contributed by atoms with Gasteiger partial charge < -0.3 is 20.7 Å². The molecule has 0 aliphatic carbocycles. The van der Waals surface area contributed by atoms with E-state index in [1.165, 1.54) is 4.90 Å². The molecule has 0 bridgehead atoms. The maximum Gasteiger partial charge on any atom is 0.239 e. The molecule has 0 aliphatic heterocycles. The first-order valence-electron chi connectivity index (χ1n) is 6.79. The van der Waals surface area contributed by atoms with Crippen molar-refractivity contribution in [2.24, 2.45) is 5.73 Å². The van der Waals surface area contributed by atoms with E-state index in [9.17, 15) is 9.59 Å². The average Bonchev–Trinajstić information content (AvgIpc) is 2.39. The van der Waals surface area contributed by atoms with Crippen LogP contribution in [-0.4, -0.2) is 56.6 Å². The molecule has 0 aromatic heterocycles. The molecule has 19 heavy (non-hydrogen) atoms. The van der Waals surface area contributed by atoms with Crippen molar-refractivity contribution >= 4 is 11.8 Å². The Kier molecular flexibility index (Phi) is 10.1. The van der Waals surface area contributed by atoms with E-state index in [0.29, 0.717) is 19.6 Å². The van der Waals surface area contributed by atoms with Crippen LogP contribution in [0.4, 0.5) is 0 Å². The third-order valence-electron chi connectivity index (χ3n) is 2.79. The molecule has 0 radical (unpaired) electrons. The van der Waals surface area contributed by atoms with Crippen LogP contribution in [0.1, 0.15) is 32.6 Å². The Bertz CT molecular complexity index is 272. The lowest BCUT2D eigenvalue weighted by molar-refractivity contribution is -0.135. The van der Waals surface area contributed by atoms with Crippen LogP contribution in [0.15, 0.2) is 0 Å². The van der Waals surface area contributed by atoms with Crippen molar-refractivity contribution in [3.8, 4) is 0 Å². The first kappa shape index (κ1) is 17.9. The van der Waals surface area contributed by atoms with Crippen LogP contribution >= 0.6 is 0 Å². The molecular formula is C13H27N3O3. The minimum Gasteiger partial charge on any atom is -0.385 e. The van der Waals surface area contributed by atoms with Gasteiger partial charge in [-0.1, -0.05) is 19.8 Å². The Morgan fingerprint density at radius 3 is 2.63 bits per heavy atom. The van der Waals surface area contributed by atoms with Gasteiger partial charge in [-0.25, -0.2) is 0 Å². The summed E-state index contributed by atoms with van der Waals surface area (Å²) < 4.78 is 4.88. The van der Waals surface area contributed by atoms with Gasteiger partial charge in [-0.15, -0.1) is 0 Å². The summed E-state index contributed by atoms with van der Waals surface area (Å²) in [4.78, 5) is 24.8. The van der Waals surface area contributed by atoms with Crippen molar-refractivity contribution in [1.82, 2.24) is 10.2 Å². The van der Waals surface area contributed by atoms with Crippen LogP contribution in [0.2, 0.25) is 0 Å². The Balaban J connectivity index is 3.90. The molecule has 0 heterocycles.